The van der Waals surface area contributed by atoms with Crippen molar-refractivity contribution in [2.75, 3.05) is 39.0 Å². The Morgan fingerprint density at radius 3 is 3.00 bits per heavy atom. The number of aromatic nitrogens is 1. The summed E-state index contributed by atoms with van der Waals surface area (Å²) < 4.78 is 0. The topological polar surface area (TPSA) is 48.5 Å². The number of piperidine rings is 1. The van der Waals surface area contributed by atoms with Crippen LogP contribution >= 0.6 is 11.6 Å². The van der Waals surface area contributed by atoms with Gasteiger partial charge in [-0.15, -0.1) is 0 Å². The van der Waals surface area contributed by atoms with Crippen molar-refractivity contribution in [1.29, 1.82) is 0 Å². The highest BCUT2D eigenvalue weighted by Crippen LogP contribution is 2.21. The molecule has 2 heterocycles. The number of nitrogens with zero attached hydrogens (tertiary/aromatic N) is 3. The molecule has 116 valence electrons. The fourth-order valence-electron chi connectivity index (χ4n) is 2.66. The number of carbonyl (C=O) groups excluding carboxylic acids is 1. The van der Waals surface area contributed by atoms with Crippen molar-refractivity contribution >= 4 is 23.3 Å². The zero-order valence-corrected chi connectivity index (χ0v) is 13.7. The van der Waals surface area contributed by atoms with E-state index in [0.717, 1.165) is 32.5 Å². The van der Waals surface area contributed by atoms with Crippen molar-refractivity contribution in [2.24, 2.45) is 0 Å². The molecule has 6 heteroatoms. The molecule has 1 aliphatic heterocycles. The molecular formula is C15H23ClN4O. The lowest BCUT2D eigenvalue weighted by Crippen LogP contribution is -2.47. The van der Waals surface area contributed by atoms with Gasteiger partial charge in [0, 0.05) is 26.2 Å². The number of hydrogen-bond acceptors (Lipinski definition) is 4. The summed E-state index contributed by atoms with van der Waals surface area (Å²) in [5.74, 6) is 0.569. The molecule has 1 saturated heterocycles. The van der Waals surface area contributed by atoms with E-state index in [9.17, 15) is 4.79 Å². The van der Waals surface area contributed by atoms with Crippen LogP contribution in [-0.4, -0.2) is 60.5 Å². The molecule has 2 rings (SSSR count). The van der Waals surface area contributed by atoms with Crippen LogP contribution in [0.25, 0.3) is 0 Å². The standard InChI is InChI=1S/C15H23ClN4O/c1-4-17-13-8-7-12(16)14(18-13)15(21)20(3)11-6-5-9-19(2)10-11/h7-8,11H,4-6,9-10H2,1-3H3,(H,17,18). The maximum Gasteiger partial charge on any atom is 0.274 e. The highest BCUT2D eigenvalue weighted by molar-refractivity contribution is 6.33. The van der Waals surface area contributed by atoms with Crippen LogP contribution in [0.5, 0.6) is 0 Å². The van der Waals surface area contributed by atoms with E-state index < -0.39 is 0 Å². The Balaban J connectivity index is 2.16. The van der Waals surface area contributed by atoms with Gasteiger partial charge < -0.3 is 15.1 Å². The van der Waals surface area contributed by atoms with Gasteiger partial charge in [-0.05, 0) is 45.5 Å². The Hall–Kier alpha value is -1.33. The van der Waals surface area contributed by atoms with Gasteiger partial charge in [-0.1, -0.05) is 11.6 Å². The largest absolute Gasteiger partial charge is 0.370 e. The second kappa shape index (κ2) is 7.09. The van der Waals surface area contributed by atoms with Crippen LogP contribution in [0.4, 0.5) is 5.82 Å². The Bertz CT molecular complexity index is 508. The van der Waals surface area contributed by atoms with Crippen molar-refractivity contribution in [3.63, 3.8) is 0 Å². The molecule has 0 radical (unpaired) electrons. The predicted octanol–water partition coefficient (Wildman–Crippen LogP) is 2.33. The molecule has 21 heavy (non-hydrogen) atoms. The van der Waals surface area contributed by atoms with Crippen molar-refractivity contribution in [3.8, 4) is 0 Å². The van der Waals surface area contributed by atoms with E-state index in [1.807, 2.05) is 14.0 Å². The summed E-state index contributed by atoms with van der Waals surface area (Å²) in [7, 11) is 3.92. The van der Waals surface area contributed by atoms with Crippen LogP contribution in [-0.2, 0) is 0 Å². The first-order valence-corrected chi connectivity index (χ1v) is 7.76. The van der Waals surface area contributed by atoms with Crippen LogP contribution < -0.4 is 5.32 Å². The van der Waals surface area contributed by atoms with Gasteiger partial charge in [0.15, 0.2) is 0 Å². The van der Waals surface area contributed by atoms with E-state index >= 15 is 0 Å². The SMILES string of the molecule is CCNc1ccc(Cl)c(C(=O)N(C)C2CCCN(C)C2)n1. The smallest absolute Gasteiger partial charge is 0.274 e. The third-order valence-corrected chi connectivity index (χ3v) is 4.18. The number of likely N-dealkylation sites (N-methyl/N-ethyl adjacent to an activating group) is 2. The lowest BCUT2D eigenvalue weighted by molar-refractivity contribution is 0.0638. The van der Waals surface area contributed by atoms with Gasteiger partial charge in [0.05, 0.1) is 5.02 Å². The van der Waals surface area contributed by atoms with Crippen LogP contribution in [0.1, 0.15) is 30.3 Å². The number of amides is 1. The maximum atomic E-state index is 12.7. The van der Waals surface area contributed by atoms with E-state index in [-0.39, 0.29) is 11.9 Å². The van der Waals surface area contributed by atoms with Gasteiger partial charge >= 0.3 is 0 Å². The summed E-state index contributed by atoms with van der Waals surface area (Å²) in [5, 5.41) is 3.51. The Morgan fingerprint density at radius 1 is 1.57 bits per heavy atom. The van der Waals surface area contributed by atoms with Crippen molar-refractivity contribution in [2.45, 2.75) is 25.8 Å². The molecule has 5 nitrogen and oxygen atoms in total. The number of hydrogen-bond donors (Lipinski definition) is 1. The summed E-state index contributed by atoms with van der Waals surface area (Å²) >= 11 is 6.15. The number of likely N-dealkylation sites (tertiary alicyclic amines) is 1. The van der Waals surface area contributed by atoms with E-state index in [2.05, 4.69) is 22.2 Å². The average Bonchev–Trinajstić information content (AvgIpc) is 2.48. The van der Waals surface area contributed by atoms with Crippen molar-refractivity contribution in [1.82, 2.24) is 14.8 Å². The predicted molar refractivity (Wildman–Crippen MR) is 86.0 cm³/mol. The summed E-state index contributed by atoms with van der Waals surface area (Å²) in [6, 6.07) is 3.73. The Kier molecular flexibility index (Phi) is 5.42. The quantitative estimate of drug-likeness (QED) is 0.927. The van der Waals surface area contributed by atoms with Crippen molar-refractivity contribution in [3.05, 3.63) is 22.8 Å². The van der Waals surface area contributed by atoms with Crippen molar-refractivity contribution < 1.29 is 4.79 Å². The summed E-state index contributed by atoms with van der Waals surface area (Å²) in [6.07, 6.45) is 2.13. The average molecular weight is 311 g/mol. The molecule has 0 aliphatic carbocycles. The zero-order chi connectivity index (χ0) is 15.4. The molecular weight excluding hydrogens is 288 g/mol. The van der Waals surface area contributed by atoms with E-state index in [1.165, 1.54) is 0 Å². The molecule has 0 saturated carbocycles. The van der Waals surface area contributed by atoms with E-state index in [4.69, 9.17) is 11.6 Å². The molecule has 1 aromatic heterocycles. The monoisotopic (exact) mass is 310 g/mol. The number of halogens is 1. The minimum absolute atomic E-state index is 0.111. The van der Waals surface area contributed by atoms with Crippen LogP contribution in [0.3, 0.4) is 0 Å². The summed E-state index contributed by atoms with van der Waals surface area (Å²) in [6.45, 7) is 4.73. The molecule has 1 fully saturated rings. The fraction of sp³-hybridized carbons (Fsp3) is 0.600. The minimum atomic E-state index is -0.111. The molecule has 1 aromatic rings. The molecule has 1 aliphatic rings. The van der Waals surface area contributed by atoms with Gasteiger partial charge in [0.25, 0.3) is 5.91 Å². The first kappa shape index (κ1) is 16.0. The van der Waals surface area contributed by atoms with Crippen LogP contribution in [0, 0.1) is 0 Å². The van der Waals surface area contributed by atoms with E-state index in [1.54, 1.807) is 17.0 Å². The number of pyridine rings is 1. The third-order valence-electron chi connectivity index (χ3n) is 3.87. The highest BCUT2D eigenvalue weighted by Gasteiger charge is 2.27. The first-order chi connectivity index (χ1) is 10.0. The van der Waals surface area contributed by atoms with Gasteiger partial charge in [0.2, 0.25) is 0 Å². The number of carbonyl (C=O) groups is 1. The van der Waals surface area contributed by atoms with Gasteiger partial charge in [-0.3, -0.25) is 4.79 Å². The van der Waals surface area contributed by atoms with Gasteiger partial charge in [0.1, 0.15) is 11.5 Å². The maximum absolute atomic E-state index is 12.7. The molecule has 1 amide bonds. The summed E-state index contributed by atoms with van der Waals surface area (Å²) in [4.78, 5) is 21.0. The van der Waals surface area contributed by atoms with Crippen LogP contribution in [0.2, 0.25) is 5.02 Å². The van der Waals surface area contributed by atoms with Gasteiger partial charge in [-0.25, -0.2) is 4.98 Å². The fourth-order valence-corrected chi connectivity index (χ4v) is 2.85. The number of rotatable bonds is 4. The Morgan fingerprint density at radius 2 is 2.33 bits per heavy atom. The lowest BCUT2D eigenvalue weighted by Gasteiger charge is -2.35. The summed E-state index contributed by atoms with van der Waals surface area (Å²) in [5.41, 5.74) is 0.325. The molecule has 0 spiro atoms. The third kappa shape index (κ3) is 3.86. The minimum Gasteiger partial charge on any atom is -0.370 e. The lowest BCUT2D eigenvalue weighted by atomic mass is 10.0. The zero-order valence-electron chi connectivity index (χ0n) is 12.9. The molecule has 1 N–H and O–H groups in total. The normalized spacial score (nSPS) is 19.3. The number of anilines is 1. The first-order valence-electron chi connectivity index (χ1n) is 7.39. The second-order valence-electron chi connectivity index (χ2n) is 5.53. The molecule has 0 aromatic carbocycles. The Labute approximate surface area is 131 Å². The van der Waals surface area contributed by atoms with Crippen LogP contribution in [0.15, 0.2) is 12.1 Å². The van der Waals surface area contributed by atoms with E-state index in [0.29, 0.717) is 16.5 Å². The second-order valence-corrected chi connectivity index (χ2v) is 5.94. The highest BCUT2D eigenvalue weighted by atomic mass is 35.5. The number of nitrogens with one attached hydrogen (secondary N) is 1. The molecule has 0 bridgehead atoms. The van der Waals surface area contributed by atoms with Gasteiger partial charge in [-0.2, -0.15) is 0 Å². The molecule has 1 atom stereocenters. The molecule has 1 unspecified atom stereocenters.